The van der Waals surface area contributed by atoms with E-state index in [1.807, 2.05) is 18.2 Å². The van der Waals surface area contributed by atoms with Crippen LogP contribution in [0, 0.1) is 17.8 Å². The van der Waals surface area contributed by atoms with Gasteiger partial charge < -0.3 is 10.1 Å². The number of benzene rings is 1. The van der Waals surface area contributed by atoms with Crippen molar-refractivity contribution in [1.82, 2.24) is 5.32 Å². The van der Waals surface area contributed by atoms with Crippen molar-refractivity contribution in [2.75, 3.05) is 6.61 Å². The highest BCUT2D eigenvalue weighted by atomic mass is 35.5. The summed E-state index contributed by atoms with van der Waals surface area (Å²) in [7, 11) is 0. The molecule has 26 heavy (non-hydrogen) atoms. The summed E-state index contributed by atoms with van der Waals surface area (Å²) in [6.45, 7) is 0.791. The summed E-state index contributed by atoms with van der Waals surface area (Å²) in [5.41, 5.74) is 0. The molecule has 3 aliphatic rings. The van der Waals surface area contributed by atoms with Gasteiger partial charge in [-0.2, -0.15) is 0 Å². The first-order valence-corrected chi connectivity index (χ1v) is 11.3. The summed E-state index contributed by atoms with van der Waals surface area (Å²) >= 11 is 12.2. The summed E-state index contributed by atoms with van der Waals surface area (Å²) in [6, 6.07) is 6.98. The van der Waals surface area contributed by atoms with Crippen LogP contribution < -0.4 is 10.1 Å². The quantitative estimate of drug-likeness (QED) is 0.575. The van der Waals surface area contributed by atoms with Crippen LogP contribution in [0.5, 0.6) is 5.75 Å². The Labute approximate surface area is 168 Å². The van der Waals surface area contributed by atoms with Gasteiger partial charge in [-0.25, -0.2) is 0 Å². The molecule has 0 spiro atoms. The number of rotatable bonds is 5. The Morgan fingerprint density at radius 3 is 2.54 bits per heavy atom. The van der Waals surface area contributed by atoms with Crippen LogP contribution in [0.1, 0.15) is 64.2 Å². The number of piperidine rings is 1. The van der Waals surface area contributed by atoms with Crippen LogP contribution in [0.4, 0.5) is 0 Å². The molecule has 2 saturated heterocycles. The predicted molar refractivity (Wildman–Crippen MR) is 109 cm³/mol. The van der Waals surface area contributed by atoms with E-state index >= 15 is 0 Å². The van der Waals surface area contributed by atoms with Gasteiger partial charge >= 0.3 is 0 Å². The lowest BCUT2D eigenvalue weighted by Gasteiger charge is -2.39. The SMILES string of the molecule is Clc1ccc(OC[C@H]2C3CCC(C[C@@H]2CC2CCCCCC2)N3)cc1Cl. The molecule has 144 valence electrons. The Balaban J connectivity index is 1.41. The van der Waals surface area contributed by atoms with Gasteiger partial charge in [0.25, 0.3) is 0 Å². The number of ether oxygens (including phenoxy) is 1. The molecule has 1 aromatic rings. The Bertz CT molecular complexity index is 600. The fraction of sp³-hybridized carbons (Fsp3) is 0.727. The smallest absolute Gasteiger partial charge is 0.120 e. The standard InChI is InChI=1S/C22H31Cl2NO/c23-20-9-8-18(13-21(20)24)26-14-19-16(12-17-7-10-22(19)25-17)11-15-5-3-1-2-4-6-15/h8-9,13,15-17,19,22,25H,1-7,10-12,14H2/t16-,17?,19+,22?/m0/s1. The topological polar surface area (TPSA) is 21.3 Å². The minimum atomic E-state index is 0.571. The summed E-state index contributed by atoms with van der Waals surface area (Å²) in [6.07, 6.45) is 14.0. The van der Waals surface area contributed by atoms with E-state index < -0.39 is 0 Å². The zero-order valence-corrected chi connectivity index (χ0v) is 17.1. The van der Waals surface area contributed by atoms with Crippen LogP contribution >= 0.6 is 23.2 Å². The molecule has 2 bridgehead atoms. The average molecular weight is 396 g/mol. The van der Waals surface area contributed by atoms with Gasteiger partial charge in [0.05, 0.1) is 16.7 Å². The highest BCUT2D eigenvalue weighted by Gasteiger charge is 2.42. The number of hydrogen-bond donors (Lipinski definition) is 1. The van der Waals surface area contributed by atoms with Crippen molar-refractivity contribution in [3.8, 4) is 5.75 Å². The van der Waals surface area contributed by atoms with Crippen LogP contribution in [0.3, 0.4) is 0 Å². The predicted octanol–water partition coefficient (Wildman–Crippen LogP) is 6.49. The van der Waals surface area contributed by atoms with Gasteiger partial charge in [0.15, 0.2) is 0 Å². The molecule has 1 N–H and O–H groups in total. The molecule has 4 atom stereocenters. The molecule has 3 fully saturated rings. The van der Waals surface area contributed by atoms with Crippen molar-refractivity contribution >= 4 is 23.2 Å². The summed E-state index contributed by atoms with van der Waals surface area (Å²) in [5, 5.41) is 5.01. The van der Waals surface area contributed by atoms with E-state index in [0.717, 1.165) is 30.2 Å². The molecule has 2 unspecified atom stereocenters. The molecule has 1 saturated carbocycles. The molecule has 4 rings (SSSR count). The second-order valence-corrected chi connectivity index (χ2v) is 9.50. The lowest BCUT2D eigenvalue weighted by molar-refractivity contribution is 0.102. The van der Waals surface area contributed by atoms with Crippen LogP contribution in [0.15, 0.2) is 18.2 Å². The van der Waals surface area contributed by atoms with Gasteiger partial charge in [0, 0.05) is 24.1 Å². The highest BCUT2D eigenvalue weighted by molar-refractivity contribution is 6.42. The van der Waals surface area contributed by atoms with Crippen molar-refractivity contribution in [1.29, 1.82) is 0 Å². The van der Waals surface area contributed by atoms with Crippen molar-refractivity contribution < 1.29 is 4.74 Å². The zero-order chi connectivity index (χ0) is 17.9. The third kappa shape index (κ3) is 4.51. The van der Waals surface area contributed by atoms with Crippen LogP contribution in [-0.2, 0) is 0 Å². The van der Waals surface area contributed by atoms with Crippen molar-refractivity contribution in [3.63, 3.8) is 0 Å². The minimum Gasteiger partial charge on any atom is -0.493 e. The van der Waals surface area contributed by atoms with E-state index in [4.69, 9.17) is 27.9 Å². The minimum absolute atomic E-state index is 0.571. The van der Waals surface area contributed by atoms with E-state index in [-0.39, 0.29) is 0 Å². The fourth-order valence-corrected chi connectivity index (χ4v) is 5.84. The lowest BCUT2D eigenvalue weighted by atomic mass is 9.75. The molecule has 0 radical (unpaired) electrons. The molecule has 2 nitrogen and oxygen atoms in total. The largest absolute Gasteiger partial charge is 0.493 e. The van der Waals surface area contributed by atoms with Crippen LogP contribution in [0.2, 0.25) is 10.0 Å². The van der Waals surface area contributed by atoms with E-state index in [1.54, 1.807) is 0 Å². The molecule has 1 aliphatic carbocycles. The number of nitrogens with one attached hydrogen (secondary N) is 1. The highest BCUT2D eigenvalue weighted by Crippen LogP contribution is 2.41. The Hall–Kier alpha value is -0.440. The van der Waals surface area contributed by atoms with Gasteiger partial charge in [-0.15, -0.1) is 0 Å². The number of halogens is 2. The third-order valence-corrected chi connectivity index (χ3v) is 7.67. The van der Waals surface area contributed by atoms with Gasteiger partial charge in [0.2, 0.25) is 0 Å². The Morgan fingerprint density at radius 1 is 0.962 bits per heavy atom. The molecule has 0 aromatic heterocycles. The first-order valence-electron chi connectivity index (χ1n) is 10.5. The normalized spacial score (nSPS) is 32.4. The Kier molecular flexibility index (Phi) is 6.33. The van der Waals surface area contributed by atoms with Crippen molar-refractivity contribution in [3.05, 3.63) is 28.2 Å². The van der Waals surface area contributed by atoms with E-state index in [9.17, 15) is 0 Å². The van der Waals surface area contributed by atoms with Gasteiger partial charge in [-0.3, -0.25) is 0 Å². The zero-order valence-electron chi connectivity index (χ0n) is 15.6. The van der Waals surface area contributed by atoms with Gasteiger partial charge in [-0.1, -0.05) is 61.7 Å². The van der Waals surface area contributed by atoms with Crippen LogP contribution in [0.25, 0.3) is 0 Å². The summed E-state index contributed by atoms with van der Waals surface area (Å²) < 4.78 is 6.19. The summed E-state index contributed by atoms with van der Waals surface area (Å²) in [4.78, 5) is 0. The molecule has 2 heterocycles. The molecular formula is C22H31Cl2NO. The van der Waals surface area contributed by atoms with E-state index in [2.05, 4.69) is 5.32 Å². The van der Waals surface area contributed by atoms with Gasteiger partial charge in [-0.05, 0) is 49.7 Å². The maximum absolute atomic E-state index is 6.19. The molecule has 2 aliphatic heterocycles. The molecule has 0 amide bonds. The van der Waals surface area contributed by atoms with Crippen LogP contribution in [-0.4, -0.2) is 18.7 Å². The van der Waals surface area contributed by atoms with E-state index in [0.29, 0.717) is 22.0 Å². The number of hydrogen-bond acceptors (Lipinski definition) is 2. The first-order chi connectivity index (χ1) is 12.7. The van der Waals surface area contributed by atoms with Crippen molar-refractivity contribution in [2.24, 2.45) is 17.8 Å². The van der Waals surface area contributed by atoms with Gasteiger partial charge in [0.1, 0.15) is 5.75 Å². The average Bonchev–Trinajstić information content (AvgIpc) is 2.85. The molecule has 4 heteroatoms. The summed E-state index contributed by atoms with van der Waals surface area (Å²) in [5.74, 6) is 3.20. The maximum Gasteiger partial charge on any atom is 0.120 e. The second-order valence-electron chi connectivity index (χ2n) is 8.69. The third-order valence-electron chi connectivity index (χ3n) is 6.93. The number of fused-ring (bicyclic) bond motifs is 2. The first kappa shape index (κ1) is 18.9. The maximum atomic E-state index is 6.19. The van der Waals surface area contributed by atoms with Crippen molar-refractivity contribution in [2.45, 2.75) is 76.3 Å². The lowest BCUT2D eigenvalue weighted by Crippen LogP contribution is -2.48. The Morgan fingerprint density at radius 2 is 1.77 bits per heavy atom. The molecule has 1 aromatic carbocycles. The fourth-order valence-electron chi connectivity index (χ4n) is 5.55. The second kappa shape index (κ2) is 8.71. The van der Waals surface area contributed by atoms with E-state index in [1.165, 1.54) is 64.2 Å². The monoisotopic (exact) mass is 395 g/mol. The molecular weight excluding hydrogens is 365 g/mol.